The lowest BCUT2D eigenvalue weighted by Crippen LogP contribution is -2.44. The Balaban J connectivity index is 2.52. The lowest BCUT2D eigenvalue weighted by molar-refractivity contribution is 0.0638. The summed E-state index contributed by atoms with van der Waals surface area (Å²) in [4.78, 5) is 16.4. The number of benzene rings is 1. The van der Waals surface area contributed by atoms with Gasteiger partial charge in [0.05, 0.1) is 11.3 Å². The van der Waals surface area contributed by atoms with Crippen LogP contribution in [0, 0.1) is 5.92 Å². The Kier molecular flexibility index (Phi) is 4.73. The fourth-order valence-electron chi connectivity index (χ4n) is 2.72. The molecule has 0 aromatic heterocycles. The number of nitrogens with one attached hydrogen (secondary N) is 1. The van der Waals surface area contributed by atoms with E-state index >= 15 is 0 Å². The Bertz CT molecular complexity index is 516. The summed E-state index contributed by atoms with van der Waals surface area (Å²) in [6.07, 6.45) is 0.0328. The van der Waals surface area contributed by atoms with E-state index in [1.165, 1.54) is 0 Å². The minimum atomic E-state index is 0.0171. The Morgan fingerprint density at radius 2 is 2.14 bits per heavy atom. The molecule has 2 atom stereocenters. The summed E-state index contributed by atoms with van der Waals surface area (Å²) in [5, 5.41) is 3.18. The van der Waals surface area contributed by atoms with Gasteiger partial charge in [0.2, 0.25) is 0 Å². The third-order valence-corrected chi connectivity index (χ3v) is 3.92. The number of rotatable bonds is 3. The average Bonchev–Trinajstić information content (AvgIpc) is 2.44. The average molecular weight is 291 g/mol. The Labute approximate surface area is 126 Å². The zero-order chi connectivity index (χ0) is 15.6. The van der Waals surface area contributed by atoms with Crippen molar-refractivity contribution >= 4 is 11.6 Å². The number of likely N-dealkylation sites (N-methyl/N-ethyl adjacent to an activating group) is 1. The fourth-order valence-corrected chi connectivity index (χ4v) is 2.72. The minimum absolute atomic E-state index is 0.0171. The molecular formula is C16H25N3O2. The molecule has 0 radical (unpaired) electrons. The molecule has 2 rings (SSSR count). The SMILES string of the molecule is CNC[C@H]1Oc2c(cccc2N(C)C)C(=O)N(C)C[C@@H]1C. The summed E-state index contributed by atoms with van der Waals surface area (Å²) >= 11 is 0. The lowest BCUT2D eigenvalue weighted by Gasteiger charge is -2.34. The minimum Gasteiger partial charge on any atom is -0.486 e. The predicted molar refractivity (Wildman–Crippen MR) is 85.2 cm³/mol. The molecular weight excluding hydrogens is 266 g/mol. The van der Waals surface area contributed by atoms with E-state index in [9.17, 15) is 4.79 Å². The van der Waals surface area contributed by atoms with Crippen molar-refractivity contribution in [2.24, 2.45) is 5.92 Å². The molecule has 116 valence electrons. The molecule has 5 nitrogen and oxygen atoms in total. The van der Waals surface area contributed by atoms with E-state index in [4.69, 9.17) is 4.74 Å². The molecule has 0 aliphatic carbocycles. The van der Waals surface area contributed by atoms with Crippen LogP contribution >= 0.6 is 0 Å². The van der Waals surface area contributed by atoms with Crippen LogP contribution in [0.1, 0.15) is 17.3 Å². The second-order valence-electron chi connectivity index (χ2n) is 5.93. The van der Waals surface area contributed by atoms with E-state index < -0.39 is 0 Å². The van der Waals surface area contributed by atoms with Gasteiger partial charge in [-0.05, 0) is 19.2 Å². The predicted octanol–water partition coefficient (Wildman–Crippen LogP) is 1.44. The van der Waals surface area contributed by atoms with Crippen LogP contribution in [0.4, 0.5) is 5.69 Å². The van der Waals surface area contributed by atoms with Gasteiger partial charge in [0.1, 0.15) is 6.10 Å². The number of para-hydroxylation sites is 1. The number of amides is 1. The molecule has 1 aromatic carbocycles. The summed E-state index contributed by atoms with van der Waals surface area (Å²) in [6, 6.07) is 5.73. The van der Waals surface area contributed by atoms with Crippen molar-refractivity contribution in [3.8, 4) is 5.75 Å². The van der Waals surface area contributed by atoms with Crippen LogP contribution in [0.25, 0.3) is 0 Å². The largest absolute Gasteiger partial charge is 0.486 e. The maximum atomic E-state index is 12.6. The van der Waals surface area contributed by atoms with E-state index in [-0.39, 0.29) is 17.9 Å². The highest BCUT2D eigenvalue weighted by atomic mass is 16.5. The molecule has 1 aliphatic rings. The first kappa shape index (κ1) is 15.6. The van der Waals surface area contributed by atoms with Gasteiger partial charge in [-0.1, -0.05) is 13.0 Å². The highest BCUT2D eigenvalue weighted by Crippen LogP contribution is 2.35. The number of hydrogen-bond donors (Lipinski definition) is 1. The molecule has 1 amide bonds. The summed E-state index contributed by atoms with van der Waals surface area (Å²) in [5.41, 5.74) is 1.57. The number of ether oxygens (including phenoxy) is 1. The van der Waals surface area contributed by atoms with Gasteiger partial charge in [0.25, 0.3) is 5.91 Å². The molecule has 0 saturated carbocycles. The smallest absolute Gasteiger partial charge is 0.257 e. The monoisotopic (exact) mass is 291 g/mol. The highest BCUT2D eigenvalue weighted by molar-refractivity contribution is 5.99. The molecule has 1 N–H and O–H groups in total. The molecule has 5 heteroatoms. The Hall–Kier alpha value is -1.75. The Morgan fingerprint density at radius 1 is 1.43 bits per heavy atom. The van der Waals surface area contributed by atoms with Crippen molar-refractivity contribution in [2.45, 2.75) is 13.0 Å². The van der Waals surface area contributed by atoms with Crippen LogP contribution in [0.3, 0.4) is 0 Å². The van der Waals surface area contributed by atoms with Crippen molar-refractivity contribution in [3.05, 3.63) is 23.8 Å². The van der Waals surface area contributed by atoms with Gasteiger partial charge in [0, 0.05) is 40.2 Å². The number of fused-ring (bicyclic) bond motifs is 1. The van der Waals surface area contributed by atoms with E-state index in [2.05, 4.69) is 12.2 Å². The van der Waals surface area contributed by atoms with Crippen LogP contribution < -0.4 is 15.0 Å². The lowest BCUT2D eigenvalue weighted by atomic mass is 10.0. The summed E-state index contributed by atoms with van der Waals surface area (Å²) in [6.45, 7) is 3.57. The number of carbonyl (C=O) groups is 1. The Morgan fingerprint density at radius 3 is 2.76 bits per heavy atom. The van der Waals surface area contributed by atoms with Gasteiger partial charge in [-0.15, -0.1) is 0 Å². The van der Waals surface area contributed by atoms with Crippen LogP contribution in [0.5, 0.6) is 5.75 Å². The van der Waals surface area contributed by atoms with E-state index in [1.807, 2.05) is 51.3 Å². The first-order valence-corrected chi connectivity index (χ1v) is 7.32. The number of anilines is 1. The summed E-state index contributed by atoms with van der Waals surface area (Å²) < 4.78 is 6.25. The second-order valence-corrected chi connectivity index (χ2v) is 5.93. The van der Waals surface area contributed by atoms with Crippen LogP contribution in [0.15, 0.2) is 18.2 Å². The van der Waals surface area contributed by atoms with Gasteiger partial charge in [-0.3, -0.25) is 4.79 Å². The topological polar surface area (TPSA) is 44.8 Å². The number of nitrogens with zero attached hydrogens (tertiary/aromatic N) is 2. The first-order valence-electron chi connectivity index (χ1n) is 7.32. The number of hydrogen-bond acceptors (Lipinski definition) is 4. The van der Waals surface area contributed by atoms with Gasteiger partial charge in [-0.2, -0.15) is 0 Å². The van der Waals surface area contributed by atoms with Crippen molar-refractivity contribution in [1.82, 2.24) is 10.2 Å². The molecule has 21 heavy (non-hydrogen) atoms. The van der Waals surface area contributed by atoms with Gasteiger partial charge < -0.3 is 19.9 Å². The highest BCUT2D eigenvalue weighted by Gasteiger charge is 2.30. The van der Waals surface area contributed by atoms with Crippen molar-refractivity contribution < 1.29 is 9.53 Å². The van der Waals surface area contributed by atoms with Crippen LogP contribution in [-0.4, -0.2) is 58.2 Å². The zero-order valence-corrected chi connectivity index (χ0v) is 13.5. The van der Waals surface area contributed by atoms with E-state index in [0.29, 0.717) is 17.9 Å². The van der Waals surface area contributed by atoms with E-state index in [1.54, 1.807) is 4.90 Å². The van der Waals surface area contributed by atoms with Crippen LogP contribution in [0.2, 0.25) is 0 Å². The molecule has 0 saturated heterocycles. The van der Waals surface area contributed by atoms with Gasteiger partial charge in [0.15, 0.2) is 5.75 Å². The maximum Gasteiger partial charge on any atom is 0.257 e. The summed E-state index contributed by atoms with van der Waals surface area (Å²) in [5.74, 6) is 0.962. The molecule has 0 bridgehead atoms. The molecule has 1 aliphatic heterocycles. The maximum absolute atomic E-state index is 12.6. The molecule has 0 unspecified atom stereocenters. The number of carbonyl (C=O) groups excluding carboxylic acids is 1. The van der Waals surface area contributed by atoms with E-state index in [0.717, 1.165) is 12.2 Å². The molecule has 0 fully saturated rings. The molecule has 0 spiro atoms. The quantitative estimate of drug-likeness (QED) is 0.915. The van der Waals surface area contributed by atoms with Crippen LogP contribution in [-0.2, 0) is 0 Å². The molecule has 1 heterocycles. The normalized spacial score (nSPS) is 22.1. The van der Waals surface area contributed by atoms with Gasteiger partial charge >= 0.3 is 0 Å². The zero-order valence-electron chi connectivity index (χ0n) is 13.5. The van der Waals surface area contributed by atoms with Crippen molar-refractivity contribution in [2.75, 3.05) is 46.2 Å². The first-order chi connectivity index (χ1) is 9.95. The van der Waals surface area contributed by atoms with Gasteiger partial charge in [-0.25, -0.2) is 0 Å². The third-order valence-electron chi connectivity index (χ3n) is 3.92. The van der Waals surface area contributed by atoms with Crippen molar-refractivity contribution in [1.29, 1.82) is 0 Å². The summed E-state index contributed by atoms with van der Waals surface area (Å²) in [7, 11) is 7.69. The third kappa shape index (κ3) is 3.13. The fraction of sp³-hybridized carbons (Fsp3) is 0.562. The van der Waals surface area contributed by atoms with Crippen molar-refractivity contribution in [3.63, 3.8) is 0 Å². The second kappa shape index (κ2) is 6.35. The standard InChI is InChI=1S/C16H25N3O2/c1-11-10-19(5)16(20)12-7-6-8-13(18(3)4)15(12)21-14(11)9-17-2/h6-8,11,14,17H,9-10H2,1-5H3/t11-,14+/m0/s1. The molecule has 1 aromatic rings.